The molecule has 1 aliphatic heterocycles. The highest BCUT2D eigenvalue weighted by atomic mass is 19.1. The Bertz CT molecular complexity index is 599. The maximum Gasteiger partial charge on any atom is 0.320 e. The SMILES string of the molecule is O=C1Nc2cc(CO)c(F)cc2C(C#CC2CC2)N1. The number of carbonyl (C=O) groups is 1. The van der Waals surface area contributed by atoms with Gasteiger partial charge in [0, 0.05) is 22.7 Å². The highest BCUT2D eigenvalue weighted by Crippen LogP contribution is 2.31. The van der Waals surface area contributed by atoms with Crippen LogP contribution in [-0.2, 0) is 6.61 Å². The van der Waals surface area contributed by atoms with Gasteiger partial charge >= 0.3 is 6.03 Å². The number of amides is 2. The Kier molecular flexibility index (Phi) is 2.88. The minimum atomic E-state index is -0.494. The highest BCUT2D eigenvalue weighted by molar-refractivity contribution is 5.93. The lowest BCUT2D eigenvalue weighted by Crippen LogP contribution is -2.37. The smallest absolute Gasteiger partial charge is 0.320 e. The fraction of sp³-hybridized carbons (Fsp3) is 0.357. The van der Waals surface area contributed by atoms with Crippen LogP contribution in [0.5, 0.6) is 0 Å². The first kappa shape index (κ1) is 12.0. The monoisotopic (exact) mass is 260 g/mol. The number of aliphatic hydroxyl groups excluding tert-OH is 1. The summed E-state index contributed by atoms with van der Waals surface area (Å²) in [6, 6.07) is 1.92. The second-order valence-corrected chi connectivity index (χ2v) is 4.78. The molecular formula is C14H13FN2O2. The number of anilines is 1. The number of nitrogens with one attached hydrogen (secondary N) is 2. The number of urea groups is 1. The number of hydrogen-bond donors (Lipinski definition) is 3. The van der Waals surface area contributed by atoms with Gasteiger partial charge < -0.3 is 15.7 Å². The summed E-state index contributed by atoms with van der Waals surface area (Å²) in [6.45, 7) is -0.402. The van der Waals surface area contributed by atoms with Crippen LogP contribution in [0.1, 0.15) is 30.0 Å². The first-order valence-corrected chi connectivity index (χ1v) is 6.19. The summed E-state index contributed by atoms with van der Waals surface area (Å²) in [5, 5.41) is 14.3. The van der Waals surface area contributed by atoms with Crippen LogP contribution in [-0.4, -0.2) is 11.1 Å². The second kappa shape index (κ2) is 4.56. The molecule has 2 aliphatic rings. The Balaban J connectivity index is 2.00. The lowest BCUT2D eigenvalue weighted by atomic mass is 10.00. The molecule has 1 fully saturated rings. The average molecular weight is 260 g/mol. The van der Waals surface area contributed by atoms with Gasteiger partial charge in [-0.05, 0) is 25.0 Å². The van der Waals surface area contributed by atoms with Crippen LogP contribution < -0.4 is 10.6 Å². The Morgan fingerprint density at radius 3 is 2.84 bits per heavy atom. The summed E-state index contributed by atoms with van der Waals surface area (Å²) >= 11 is 0. The molecule has 0 radical (unpaired) electrons. The molecule has 1 aromatic rings. The predicted octanol–water partition coefficient (Wildman–Crippen LogP) is 1.91. The summed E-state index contributed by atoms with van der Waals surface area (Å²) in [7, 11) is 0. The molecule has 19 heavy (non-hydrogen) atoms. The molecule has 1 heterocycles. The summed E-state index contributed by atoms with van der Waals surface area (Å²) in [5.41, 5.74) is 1.27. The quantitative estimate of drug-likeness (QED) is 0.675. The van der Waals surface area contributed by atoms with Crippen LogP contribution in [0.15, 0.2) is 12.1 Å². The van der Waals surface area contributed by atoms with E-state index in [2.05, 4.69) is 22.5 Å². The molecule has 1 atom stereocenters. The topological polar surface area (TPSA) is 61.4 Å². The average Bonchev–Trinajstić information content (AvgIpc) is 3.20. The van der Waals surface area contributed by atoms with Crippen LogP contribution in [0, 0.1) is 23.6 Å². The van der Waals surface area contributed by atoms with E-state index >= 15 is 0 Å². The molecule has 0 bridgehead atoms. The standard InChI is InChI=1S/C14H13FN2O2/c15-11-6-10-12(4-3-8-1-2-8)16-14(19)17-13(10)5-9(11)7-18/h5-6,8,12,18H,1-2,7H2,(H2,16,17,19). The first-order chi connectivity index (χ1) is 9.17. The van der Waals surface area contributed by atoms with Crippen molar-refractivity contribution < 1.29 is 14.3 Å². The Morgan fingerprint density at radius 1 is 1.37 bits per heavy atom. The third-order valence-electron chi connectivity index (χ3n) is 3.23. The van der Waals surface area contributed by atoms with Crippen molar-refractivity contribution in [2.45, 2.75) is 25.5 Å². The van der Waals surface area contributed by atoms with Gasteiger partial charge in [0.15, 0.2) is 0 Å². The van der Waals surface area contributed by atoms with Crippen molar-refractivity contribution >= 4 is 11.7 Å². The Labute approximate surface area is 110 Å². The molecule has 98 valence electrons. The lowest BCUT2D eigenvalue weighted by molar-refractivity contribution is 0.249. The van der Waals surface area contributed by atoms with Gasteiger partial charge in [-0.15, -0.1) is 0 Å². The molecule has 0 saturated heterocycles. The molecule has 1 saturated carbocycles. The zero-order chi connectivity index (χ0) is 13.4. The molecule has 3 rings (SSSR count). The van der Waals surface area contributed by atoms with Crippen molar-refractivity contribution in [3.8, 4) is 11.8 Å². The van der Waals surface area contributed by atoms with E-state index < -0.39 is 18.5 Å². The minimum absolute atomic E-state index is 0.162. The van der Waals surface area contributed by atoms with E-state index in [4.69, 9.17) is 5.11 Å². The third-order valence-corrected chi connectivity index (χ3v) is 3.23. The number of aliphatic hydroxyl groups is 1. The van der Waals surface area contributed by atoms with Gasteiger partial charge in [-0.25, -0.2) is 9.18 Å². The van der Waals surface area contributed by atoms with Gasteiger partial charge in [0.25, 0.3) is 0 Å². The zero-order valence-corrected chi connectivity index (χ0v) is 10.2. The van der Waals surface area contributed by atoms with E-state index in [9.17, 15) is 9.18 Å². The Morgan fingerprint density at radius 2 is 2.16 bits per heavy atom. The number of fused-ring (bicyclic) bond motifs is 1. The van der Waals surface area contributed by atoms with Gasteiger partial charge in [-0.3, -0.25) is 0 Å². The van der Waals surface area contributed by atoms with E-state index in [1.54, 1.807) is 0 Å². The zero-order valence-electron chi connectivity index (χ0n) is 10.2. The van der Waals surface area contributed by atoms with E-state index in [-0.39, 0.29) is 11.6 Å². The van der Waals surface area contributed by atoms with Crippen molar-refractivity contribution in [2.75, 3.05) is 5.32 Å². The van der Waals surface area contributed by atoms with E-state index in [1.807, 2.05) is 0 Å². The second-order valence-electron chi connectivity index (χ2n) is 4.78. The van der Waals surface area contributed by atoms with E-state index in [1.165, 1.54) is 12.1 Å². The van der Waals surface area contributed by atoms with Crippen molar-refractivity contribution in [3.05, 3.63) is 29.1 Å². The molecule has 3 N–H and O–H groups in total. The maximum atomic E-state index is 13.7. The van der Waals surface area contributed by atoms with Gasteiger partial charge in [0.1, 0.15) is 11.9 Å². The third kappa shape index (κ3) is 2.40. The van der Waals surface area contributed by atoms with Crippen molar-refractivity contribution in [2.24, 2.45) is 5.92 Å². The summed E-state index contributed by atoms with van der Waals surface area (Å²) in [4.78, 5) is 11.5. The Hall–Kier alpha value is -2.06. The fourth-order valence-corrected chi connectivity index (χ4v) is 2.01. The summed E-state index contributed by atoms with van der Waals surface area (Å²) < 4.78 is 13.7. The molecule has 0 spiro atoms. The van der Waals surface area contributed by atoms with Crippen LogP contribution in [0.25, 0.3) is 0 Å². The van der Waals surface area contributed by atoms with Gasteiger partial charge in [-0.1, -0.05) is 11.8 Å². The first-order valence-electron chi connectivity index (χ1n) is 6.19. The largest absolute Gasteiger partial charge is 0.392 e. The minimum Gasteiger partial charge on any atom is -0.392 e. The van der Waals surface area contributed by atoms with Gasteiger partial charge in [-0.2, -0.15) is 0 Å². The highest BCUT2D eigenvalue weighted by Gasteiger charge is 2.25. The molecule has 5 heteroatoms. The number of hydrogen-bond acceptors (Lipinski definition) is 2. The molecule has 0 aromatic heterocycles. The normalized spacial score (nSPS) is 20.7. The summed E-state index contributed by atoms with van der Waals surface area (Å²) in [6.07, 6.45) is 2.19. The lowest BCUT2D eigenvalue weighted by Gasteiger charge is -2.24. The van der Waals surface area contributed by atoms with Crippen molar-refractivity contribution in [1.29, 1.82) is 0 Å². The number of halogens is 1. The molecule has 2 amide bonds. The summed E-state index contributed by atoms with van der Waals surface area (Å²) in [5.74, 6) is 5.98. The van der Waals surface area contributed by atoms with Crippen LogP contribution >= 0.6 is 0 Å². The number of rotatable bonds is 1. The van der Waals surface area contributed by atoms with Crippen molar-refractivity contribution in [1.82, 2.24) is 5.32 Å². The maximum absolute atomic E-state index is 13.7. The van der Waals surface area contributed by atoms with Crippen LogP contribution in [0.2, 0.25) is 0 Å². The number of benzene rings is 1. The molecule has 1 aliphatic carbocycles. The van der Waals surface area contributed by atoms with E-state index in [0.717, 1.165) is 12.8 Å². The fourth-order valence-electron chi connectivity index (χ4n) is 2.01. The molecule has 1 unspecified atom stereocenters. The molecule has 4 nitrogen and oxygen atoms in total. The van der Waals surface area contributed by atoms with E-state index in [0.29, 0.717) is 17.2 Å². The molecule has 1 aromatic carbocycles. The molecular weight excluding hydrogens is 247 g/mol. The van der Waals surface area contributed by atoms with Gasteiger partial charge in [0.05, 0.1) is 6.61 Å². The van der Waals surface area contributed by atoms with Crippen LogP contribution in [0.4, 0.5) is 14.9 Å². The van der Waals surface area contributed by atoms with Crippen LogP contribution in [0.3, 0.4) is 0 Å². The predicted molar refractivity (Wildman–Crippen MR) is 67.7 cm³/mol. The number of carbonyl (C=O) groups excluding carboxylic acids is 1. The van der Waals surface area contributed by atoms with Crippen molar-refractivity contribution in [3.63, 3.8) is 0 Å². The van der Waals surface area contributed by atoms with Gasteiger partial charge in [0.2, 0.25) is 0 Å².